The first-order valence-electron chi connectivity index (χ1n) is 3.82. The van der Waals surface area contributed by atoms with Crippen LogP contribution < -0.4 is 0 Å². The SMILES string of the molecule is CCCCI.c1ccncc1. The largest absolute Gasteiger partial charge is 0.265 e. The molecule has 62 valence electrons. The van der Waals surface area contributed by atoms with Gasteiger partial charge in [-0.1, -0.05) is 42.0 Å². The topological polar surface area (TPSA) is 12.9 Å². The van der Waals surface area contributed by atoms with Gasteiger partial charge in [0.1, 0.15) is 0 Å². The Bertz CT molecular complexity index is 113. The molecule has 0 saturated heterocycles. The summed E-state index contributed by atoms with van der Waals surface area (Å²) in [5.41, 5.74) is 0. The normalized spacial score (nSPS) is 8.18. The van der Waals surface area contributed by atoms with Crippen LogP contribution >= 0.6 is 22.6 Å². The van der Waals surface area contributed by atoms with Gasteiger partial charge in [0.25, 0.3) is 0 Å². The lowest BCUT2D eigenvalue weighted by molar-refractivity contribution is 0.907. The maximum absolute atomic E-state index is 3.78. The molecule has 2 heteroatoms. The van der Waals surface area contributed by atoms with Gasteiger partial charge in [0.2, 0.25) is 0 Å². The number of rotatable bonds is 2. The number of unbranched alkanes of at least 4 members (excludes halogenated alkanes) is 1. The van der Waals surface area contributed by atoms with Crippen LogP contribution in [-0.2, 0) is 0 Å². The second-order valence-corrected chi connectivity index (χ2v) is 3.15. The fourth-order valence-corrected chi connectivity index (χ4v) is 1.21. The Balaban J connectivity index is 0.000000187. The summed E-state index contributed by atoms with van der Waals surface area (Å²) in [7, 11) is 0. The average Bonchev–Trinajstić information content (AvgIpc) is 2.10. The van der Waals surface area contributed by atoms with E-state index < -0.39 is 0 Å². The van der Waals surface area contributed by atoms with Crippen molar-refractivity contribution in [3.63, 3.8) is 0 Å². The minimum absolute atomic E-state index is 1.31. The summed E-state index contributed by atoms with van der Waals surface area (Å²) < 4.78 is 1.31. The number of halogens is 1. The van der Waals surface area contributed by atoms with Gasteiger partial charge in [-0.05, 0) is 23.0 Å². The summed E-state index contributed by atoms with van der Waals surface area (Å²) in [6.07, 6.45) is 6.21. The van der Waals surface area contributed by atoms with Gasteiger partial charge in [0, 0.05) is 12.4 Å². The summed E-state index contributed by atoms with van der Waals surface area (Å²) in [5, 5.41) is 0. The van der Waals surface area contributed by atoms with Crippen LogP contribution in [0, 0.1) is 0 Å². The van der Waals surface area contributed by atoms with Crippen LogP contribution in [0.15, 0.2) is 30.6 Å². The summed E-state index contributed by atoms with van der Waals surface area (Å²) >= 11 is 2.39. The van der Waals surface area contributed by atoms with E-state index in [4.69, 9.17) is 0 Å². The molecule has 0 amide bonds. The van der Waals surface area contributed by atoms with Gasteiger partial charge in [0.15, 0.2) is 0 Å². The molecule has 0 bridgehead atoms. The molecule has 0 aliphatic heterocycles. The van der Waals surface area contributed by atoms with Gasteiger partial charge >= 0.3 is 0 Å². The van der Waals surface area contributed by atoms with E-state index in [2.05, 4.69) is 34.5 Å². The molecule has 0 aliphatic carbocycles. The van der Waals surface area contributed by atoms with Crippen molar-refractivity contribution in [1.82, 2.24) is 4.98 Å². The lowest BCUT2D eigenvalue weighted by Gasteiger charge is -1.77. The van der Waals surface area contributed by atoms with Crippen molar-refractivity contribution in [2.24, 2.45) is 0 Å². The van der Waals surface area contributed by atoms with Crippen LogP contribution in [0.4, 0.5) is 0 Å². The summed E-state index contributed by atoms with van der Waals surface area (Å²) in [5.74, 6) is 0. The van der Waals surface area contributed by atoms with E-state index in [0.29, 0.717) is 0 Å². The summed E-state index contributed by atoms with van der Waals surface area (Å²) in [6.45, 7) is 2.21. The van der Waals surface area contributed by atoms with E-state index in [1.54, 1.807) is 12.4 Å². The number of alkyl halides is 1. The number of hydrogen-bond donors (Lipinski definition) is 0. The third kappa shape index (κ3) is 9.88. The maximum atomic E-state index is 3.78. The molecular formula is C9H14IN. The van der Waals surface area contributed by atoms with E-state index in [1.165, 1.54) is 17.3 Å². The van der Waals surface area contributed by atoms with Crippen molar-refractivity contribution in [3.05, 3.63) is 30.6 Å². The lowest BCUT2D eigenvalue weighted by Crippen LogP contribution is -1.64. The van der Waals surface area contributed by atoms with Gasteiger partial charge in [-0.15, -0.1) is 0 Å². The lowest BCUT2D eigenvalue weighted by atomic mass is 10.4. The predicted molar refractivity (Wildman–Crippen MR) is 58.0 cm³/mol. The van der Waals surface area contributed by atoms with E-state index in [1.807, 2.05) is 18.2 Å². The van der Waals surface area contributed by atoms with Gasteiger partial charge in [-0.3, -0.25) is 4.98 Å². The average molecular weight is 263 g/mol. The molecule has 1 aromatic rings. The molecule has 11 heavy (non-hydrogen) atoms. The molecule has 0 N–H and O–H groups in total. The van der Waals surface area contributed by atoms with Crippen LogP contribution in [0.25, 0.3) is 0 Å². The molecule has 1 rings (SSSR count). The van der Waals surface area contributed by atoms with Gasteiger partial charge in [-0.2, -0.15) is 0 Å². The highest BCUT2D eigenvalue weighted by atomic mass is 127. The van der Waals surface area contributed by atoms with Crippen molar-refractivity contribution in [3.8, 4) is 0 Å². The highest BCUT2D eigenvalue weighted by Gasteiger charge is 1.69. The number of nitrogens with zero attached hydrogens (tertiary/aromatic N) is 1. The predicted octanol–water partition coefficient (Wildman–Crippen LogP) is 3.30. The Labute approximate surface area is 82.4 Å². The van der Waals surface area contributed by atoms with Crippen LogP contribution in [0.3, 0.4) is 0 Å². The Hall–Kier alpha value is -0.120. The Morgan fingerprint density at radius 1 is 1.18 bits per heavy atom. The Morgan fingerprint density at radius 2 is 1.82 bits per heavy atom. The molecular weight excluding hydrogens is 249 g/mol. The Kier molecular flexibility index (Phi) is 9.77. The number of aromatic nitrogens is 1. The minimum Gasteiger partial charge on any atom is -0.265 e. The second-order valence-electron chi connectivity index (χ2n) is 2.07. The molecule has 0 fully saturated rings. The van der Waals surface area contributed by atoms with Gasteiger partial charge in [0.05, 0.1) is 0 Å². The van der Waals surface area contributed by atoms with Crippen LogP contribution in [0.5, 0.6) is 0 Å². The highest BCUT2D eigenvalue weighted by molar-refractivity contribution is 14.1. The zero-order chi connectivity index (χ0) is 8.36. The summed E-state index contributed by atoms with van der Waals surface area (Å²) in [6, 6.07) is 5.72. The zero-order valence-electron chi connectivity index (χ0n) is 6.83. The van der Waals surface area contributed by atoms with E-state index in [-0.39, 0.29) is 0 Å². The van der Waals surface area contributed by atoms with Crippen molar-refractivity contribution in [1.29, 1.82) is 0 Å². The third-order valence-electron chi connectivity index (χ3n) is 1.05. The highest BCUT2D eigenvalue weighted by Crippen LogP contribution is 1.90. The fourth-order valence-electron chi connectivity index (χ4n) is 0.446. The Morgan fingerprint density at radius 3 is 1.91 bits per heavy atom. The first-order chi connectivity index (χ1) is 5.41. The van der Waals surface area contributed by atoms with E-state index in [0.717, 1.165) is 0 Å². The maximum Gasteiger partial charge on any atom is 0.0267 e. The molecule has 0 aliphatic rings. The van der Waals surface area contributed by atoms with Crippen LogP contribution in [0.1, 0.15) is 19.8 Å². The van der Waals surface area contributed by atoms with Crippen molar-refractivity contribution >= 4 is 22.6 Å². The molecule has 1 nitrogen and oxygen atoms in total. The van der Waals surface area contributed by atoms with Gasteiger partial charge < -0.3 is 0 Å². The van der Waals surface area contributed by atoms with Crippen molar-refractivity contribution in [2.75, 3.05) is 4.43 Å². The fraction of sp³-hybridized carbons (Fsp3) is 0.444. The smallest absolute Gasteiger partial charge is 0.0267 e. The van der Waals surface area contributed by atoms with Crippen molar-refractivity contribution < 1.29 is 0 Å². The number of hydrogen-bond acceptors (Lipinski definition) is 1. The monoisotopic (exact) mass is 263 g/mol. The molecule has 0 saturated carbocycles. The quantitative estimate of drug-likeness (QED) is 0.589. The first-order valence-corrected chi connectivity index (χ1v) is 5.35. The third-order valence-corrected chi connectivity index (χ3v) is 1.82. The van der Waals surface area contributed by atoms with Gasteiger partial charge in [-0.25, -0.2) is 0 Å². The molecule has 0 unspecified atom stereocenters. The molecule has 0 radical (unpaired) electrons. The minimum atomic E-state index is 1.31. The van der Waals surface area contributed by atoms with Crippen LogP contribution in [0.2, 0.25) is 0 Å². The molecule has 1 heterocycles. The van der Waals surface area contributed by atoms with E-state index in [9.17, 15) is 0 Å². The first kappa shape index (κ1) is 10.9. The molecule has 0 atom stereocenters. The molecule has 0 aromatic carbocycles. The second kappa shape index (κ2) is 9.88. The number of pyridine rings is 1. The standard InChI is InChI=1S/C5H5N.C4H9I/c1-2-4-6-5-3-1;1-2-3-4-5/h1-5H;2-4H2,1H3. The van der Waals surface area contributed by atoms with Crippen LogP contribution in [-0.4, -0.2) is 9.41 Å². The van der Waals surface area contributed by atoms with Crippen molar-refractivity contribution in [2.45, 2.75) is 19.8 Å². The molecule has 0 spiro atoms. The zero-order valence-corrected chi connectivity index (χ0v) is 8.99. The van der Waals surface area contributed by atoms with E-state index >= 15 is 0 Å². The molecule has 1 aromatic heterocycles. The summed E-state index contributed by atoms with van der Waals surface area (Å²) in [4.78, 5) is 3.78.